The number of rotatable bonds is 6. The van der Waals surface area contributed by atoms with E-state index in [0.29, 0.717) is 39.5 Å². The zero-order chi connectivity index (χ0) is 23.0. The van der Waals surface area contributed by atoms with Crippen molar-refractivity contribution >= 4 is 16.7 Å². The van der Waals surface area contributed by atoms with Crippen molar-refractivity contribution in [3.05, 3.63) is 64.2 Å². The van der Waals surface area contributed by atoms with E-state index in [1.165, 1.54) is 26.0 Å². The van der Waals surface area contributed by atoms with Gasteiger partial charge in [-0.2, -0.15) is 8.78 Å². The molecule has 0 bridgehead atoms. The first-order valence-electron chi connectivity index (χ1n) is 9.17. The van der Waals surface area contributed by atoms with E-state index in [1.54, 1.807) is 30.3 Å². The molecule has 4 aromatic rings. The number of halogens is 2. The highest BCUT2D eigenvalue weighted by Crippen LogP contribution is 2.40. The Morgan fingerprint density at radius 2 is 1.53 bits per heavy atom. The maximum Gasteiger partial charge on any atom is 0.340 e. The van der Waals surface area contributed by atoms with Gasteiger partial charge in [0.05, 0.1) is 37.5 Å². The Hall–Kier alpha value is -4.28. The number of hydrogen-bond donors (Lipinski definition) is 0. The van der Waals surface area contributed by atoms with Gasteiger partial charge in [-0.1, -0.05) is 11.3 Å². The van der Waals surface area contributed by atoms with Crippen molar-refractivity contribution in [1.29, 1.82) is 0 Å². The maximum atomic E-state index is 14.1. The van der Waals surface area contributed by atoms with Crippen LogP contribution in [-0.2, 0) is 0 Å². The molecule has 3 aromatic carbocycles. The lowest BCUT2D eigenvalue weighted by Gasteiger charge is -2.14. The van der Waals surface area contributed by atoms with Gasteiger partial charge < -0.3 is 14.2 Å². The number of ether oxygens (including phenoxy) is 3. The zero-order valence-electron chi connectivity index (χ0n) is 17.1. The lowest BCUT2D eigenvalue weighted by atomic mass is 10.0. The molecule has 164 valence electrons. The SMILES string of the molecule is COc1cc(-n2nnc3ccc(-c4cc(F)c([N+](=O)[O-])c(F)c4)cc32)cc(OC)c1OC. The summed E-state index contributed by atoms with van der Waals surface area (Å²) in [6, 6.07) is 10.0. The summed E-state index contributed by atoms with van der Waals surface area (Å²) in [6.07, 6.45) is 0. The number of fused-ring (bicyclic) bond motifs is 1. The molecule has 32 heavy (non-hydrogen) atoms. The van der Waals surface area contributed by atoms with Crippen molar-refractivity contribution in [2.24, 2.45) is 0 Å². The summed E-state index contributed by atoms with van der Waals surface area (Å²) in [6.45, 7) is 0. The molecular weight excluding hydrogens is 426 g/mol. The van der Waals surface area contributed by atoms with Crippen molar-refractivity contribution in [3.8, 4) is 34.1 Å². The number of aromatic nitrogens is 3. The summed E-state index contributed by atoms with van der Waals surface area (Å²) < 4.78 is 45.8. The van der Waals surface area contributed by atoms with Crippen LogP contribution in [-0.4, -0.2) is 41.2 Å². The van der Waals surface area contributed by atoms with Gasteiger partial charge in [0, 0.05) is 12.1 Å². The second-order valence-electron chi connectivity index (χ2n) is 6.63. The molecule has 0 saturated heterocycles. The molecule has 4 rings (SSSR count). The molecule has 0 spiro atoms. The van der Waals surface area contributed by atoms with Crippen molar-refractivity contribution in [2.45, 2.75) is 0 Å². The Labute approximate surface area is 179 Å². The highest BCUT2D eigenvalue weighted by atomic mass is 19.1. The average molecular weight is 442 g/mol. The summed E-state index contributed by atoms with van der Waals surface area (Å²) in [5.74, 6) is -1.31. The van der Waals surface area contributed by atoms with Gasteiger partial charge in [0.2, 0.25) is 17.4 Å². The molecule has 0 radical (unpaired) electrons. The van der Waals surface area contributed by atoms with Crippen LogP contribution in [0.3, 0.4) is 0 Å². The molecule has 0 atom stereocenters. The molecule has 0 aliphatic carbocycles. The van der Waals surface area contributed by atoms with E-state index < -0.39 is 22.2 Å². The Bertz CT molecular complexity index is 1310. The summed E-state index contributed by atoms with van der Waals surface area (Å²) in [4.78, 5) is 9.76. The summed E-state index contributed by atoms with van der Waals surface area (Å²) in [5, 5.41) is 19.1. The first kappa shape index (κ1) is 21.0. The van der Waals surface area contributed by atoms with E-state index in [-0.39, 0.29) is 5.56 Å². The van der Waals surface area contributed by atoms with Crippen molar-refractivity contribution < 1.29 is 27.9 Å². The fraction of sp³-hybridized carbons (Fsp3) is 0.143. The van der Waals surface area contributed by atoms with Crippen LogP contribution in [0, 0.1) is 21.7 Å². The molecule has 0 aliphatic rings. The highest BCUT2D eigenvalue weighted by Gasteiger charge is 2.23. The number of nitro groups is 1. The molecule has 0 amide bonds. The normalized spacial score (nSPS) is 10.9. The number of benzene rings is 3. The molecule has 11 heteroatoms. The number of hydrogen-bond acceptors (Lipinski definition) is 7. The first-order valence-corrected chi connectivity index (χ1v) is 9.17. The van der Waals surface area contributed by atoms with Crippen LogP contribution in [0.25, 0.3) is 27.8 Å². The number of nitro benzene ring substituents is 1. The van der Waals surface area contributed by atoms with Crippen LogP contribution >= 0.6 is 0 Å². The minimum absolute atomic E-state index is 0.130. The topological polar surface area (TPSA) is 102 Å². The third-order valence-corrected chi connectivity index (χ3v) is 4.87. The van der Waals surface area contributed by atoms with Crippen LogP contribution in [0.1, 0.15) is 0 Å². The summed E-state index contributed by atoms with van der Waals surface area (Å²) in [5.41, 5.74) is 0.937. The van der Waals surface area contributed by atoms with Gasteiger partial charge in [0.1, 0.15) is 5.52 Å². The van der Waals surface area contributed by atoms with Gasteiger partial charge in [-0.15, -0.1) is 5.10 Å². The van der Waals surface area contributed by atoms with E-state index in [0.717, 1.165) is 12.1 Å². The van der Waals surface area contributed by atoms with Crippen LogP contribution in [0.15, 0.2) is 42.5 Å². The average Bonchev–Trinajstić information content (AvgIpc) is 3.20. The predicted octanol–water partition coefficient (Wildman–Crippen LogP) is 4.30. The second kappa shape index (κ2) is 8.10. The van der Waals surface area contributed by atoms with Crippen LogP contribution in [0.5, 0.6) is 17.2 Å². The first-order chi connectivity index (χ1) is 15.4. The van der Waals surface area contributed by atoms with Crippen LogP contribution in [0.2, 0.25) is 0 Å². The lowest BCUT2D eigenvalue weighted by Crippen LogP contribution is -2.01. The molecule has 1 heterocycles. The predicted molar refractivity (Wildman–Crippen MR) is 111 cm³/mol. The van der Waals surface area contributed by atoms with Gasteiger partial charge >= 0.3 is 5.69 Å². The number of nitrogens with zero attached hydrogens (tertiary/aromatic N) is 4. The quantitative estimate of drug-likeness (QED) is 0.324. The Morgan fingerprint density at radius 3 is 2.06 bits per heavy atom. The lowest BCUT2D eigenvalue weighted by molar-refractivity contribution is -0.390. The minimum Gasteiger partial charge on any atom is -0.493 e. The van der Waals surface area contributed by atoms with Crippen molar-refractivity contribution in [2.75, 3.05) is 21.3 Å². The van der Waals surface area contributed by atoms with Crippen LogP contribution in [0.4, 0.5) is 14.5 Å². The van der Waals surface area contributed by atoms with Gasteiger partial charge in [0.25, 0.3) is 0 Å². The van der Waals surface area contributed by atoms with Gasteiger partial charge in [-0.25, -0.2) is 4.68 Å². The molecule has 9 nitrogen and oxygen atoms in total. The Morgan fingerprint density at radius 1 is 0.906 bits per heavy atom. The third-order valence-electron chi connectivity index (χ3n) is 4.87. The second-order valence-corrected chi connectivity index (χ2v) is 6.63. The summed E-state index contributed by atoms with van der Waals surface area (Å²) >= 11 is 0. The van der Waals surface area contributed by atoms with E-state index in [9.17, 15) is 18.9 Å². The van der Waals surface area contributed by atoms with Gasteiger partial charge in [0.15, 0.2) is 11.5 Å². The number of methoxy groups -OCH3 is 3. The van der Waals surface area contributed by atoms with Gasteiger partial charge in [-0.3, -0.25) is 10.1 Å². The smallest absolute Gasteiger partial charge is 0.340 e. The Kier molecular flexibility index (Phi) is 5.31. The van der Waals surface area contributed by atoms with Crippen LogP contribution < -0.4 is 14.2 Å². The van der Waals surface area contributed by atoms with E-state index in [1.807, 2.05) is 0 Å². The van der Waals surface area contributed by atoms with Gasteiger partial charge in [-0.05, 0) is 35.4 Å². The fourth-order valence-electron chi connectivity index (χ4n) is 3.39. The standard InChI is InChI=1S/C21H16F2N4O5/c1-30-18-9-13(10-19(31-2)21(18)32-3)26-17-8-11(4-5-16(17)24-25-26)12-6-14(22)20(27(28)29)15(23)7-12/h4-10H,1-3H3. The minimum atomic E-state index is -1.26. The molecule has 0 saturated carbocycles. The summed E-state index contributed by atoms with van der Waals surface area (Å²) in [7, 11) is 4.45. The van der Waals surface area contributed by atoms with E-state index >= 15 is 0 Å². The van der Waals surface area contributed by atoms with E-state index in [4.69, 9.17) is 14.2 Å². The van der Waals surface area contributed by atoms with E-state index in [2.05, 4.69) is 10.3 Å². The Balaban J connectivity index is 1.87. The molecule has 0 aliphatic heterocycles. The zero-order valence-corrected chi connectivity index (χ0v) is 17.1. The fourth-order valence-corrected chi connectivity index (χ4v) is 3.39. The maximum absolute atomic E-state index is 14.1. The monoisotopic (exact) mass is 442 g/mol. The van der Waals surface area contributed by atoms with Crippen molar-refractivity contribution in [1.82, 2.24) is 15.0 Å². The van der Waals surface area contributed by atoms with Crippen molar-refractivity contribution in [3.63, 3.8) is 0 Å². The third kappa shape index (κ3) is 3.43. The largest absolute Gasteiger partial charge is 0.493 e. The molecule has 0 N–H and O–H groups in total. The molecule has 0 fully saturated rings. The molecule has 0 unspecified atom stereocenters. The highest BCUT2D eigenvalue weighted by molar-refractivity contribution is 5.83. The molecule has 1 aromatic heterocycles. The molecular formula is C21H16F2N4O5.